The van der Waals surface area contributed by atoms with Crippen LogP contribution < -0.4 is 0 Å². The highest BCUT2D eigenvalue weighted by Gasteiger charge is 2.30. The van der Waals surface area contributed by atoms with Crippen LogP contribution in [-0.2, 0) is 27.5 Å². The second-order valence-electron chi connectivity index (χ2n) is 5.59. The lowest BCUT2D eigenvalue weighted by atomic mass is 10.1. The van der Waals surface area contributed by atoms with E-state index in [0.29, 0.717) is 0 Å². The monoisotopic (exact) mass is 387 g/mol. The fourth-order valence-electron chi connectivity index (χ4n) is 2.06. The van der Waals surface area contributed by atoms with E-state index in [9.17, 15) is 26.4 Å². The molecule has 2 aromatic rings. The molecule has 0 aromatic heterocycles. The van der Waals surface area contributed by atoms with Crippen LogP contribution in [0, 0.1) is 0 Å². The number of carbonyl (C=O) groups excluding carboxylic acids is 1. The minimum atomic E-state index is -4.49. The van der Waals surface area contributed by atoms with Gasteiger partial charge >= 0.3 is 12.1 Å². The molecule has 0 aliphatic heterocycles. The molecule has 2 rings (SSSR count). The summed E-state index contributed by atoms with van der Waals surface area (Å²) in [5.74, 6) is -0.835. The van der Waals surface area contributed by atoms with E-state index in [2.05, 4.69) is 0 Å². The maximum absolute atomic E-state index is 12.7. The van der Waals surface area contributed by atoms with Crippen molar-refractivity contribution in [1.29, 1.82) is 0 Å². The Morgan fingerprint density at radius 1 is 1.08 bits per heavy atom. The third kappa shape index (κ3) is 4.61. The normalized spacial score (nSPS) is 12.2. The van der Waals surface area contributed by atoms with Crippen LogP contribution in [0.2, 0.25) is 0 Å². The summed E-state index contributed by atoms with van der Waals surface area (Å²) in [6.07, 6.45) is -4.49. The van der Waals surface area contributed by atoms with Crippen molar-refractivity contribution in [2.45, 2.75) is 17.7 Å². The molecule has 26 heavy (non-hydrogen) atoms. The molecule has 9 heteroatoms. The maximum Gasteiger partial charge on any atom is 0.416 e. The van der Waals surface area contributed by atoms with Crippen LogP contribution in [0.1, 0.15) is 21.5 Å². The summed E-state index contributed by atoms with van der Waals surface area (Å²) in [6, 6.07) is 9.66. The van der Waals surface area contributed by atoms with Crippen LogP contribution in [0.3, 0.4) is 0 Å². The van der Waals surface area contributed by atoms with E-state index in [1.807, 2.05) is 0 Å². The van der Waals surface area contributed by atoms with Gasteiger partial charge in [0.05, 0.1) is 16.0 Å². The second-order valence-corrected chi connectivity index (χ2v) is 7.74. The first-order valence-corrected chi connectivity index (χ1v) is 8.81. The molecule has 5 nitrogen and oxygen atoms in total. The third-order valence-corrected chi connectivity index (χ3v) is 5.28. The van der Waals surface area contributed by atoms with Crippen molar-refractivity contribution in [3.8, 4) is 0 Å². The molecule has 0 unspecified atom stereocenters. The standard InChI is InChI=1S/C17H16F3NO4S/c1-21(2)26(23,24)15-8-4-6-13(10-15)16(22)25-11-12-5-3-7-14(9-12)17(18,19)20/h3-10H,11H2,1-2H3. The zero-order valence-electron chi connectivity index (χ0n) is 13.9. The van der Waals surface area contributed by atoms with Gasteiger partial charge in [-0.2, -0.15) is 13.2 Å². The lowest BCUT2D eigenvalue weighted by Gasteiger charge is -2.12. The van der Waals surface area contributed by atoms with Gasteiger partial charge in [0, 0.05) is 14.1 Å². The molecule has 0 heterocycles. The van der Waals surface area contributed by atoms with Crippen LogP contribution in [-0.4, -0.2) is 32.8 Å². The molecule has 0 saturated heterocycles. The van der Waals surface area contributed by atoms with E-state index in [-0.39, 0.29) is 22.6 Å². The average molecular weight is 387 g/mol. The van der Waals surface area contributed by atoms with Crippen molar-refractivity contribution in [1.82, 2.24) is 4.31 Å². The Balaban J connectivity index is 2.14. The van der Waals surface area contributed by atoms with Gasteiger partial charge in [0.2, 0.25) is 10.0 Å². The second kappa shape index (κ2) is 7.46. The van der Waals surface area contributed by atoms with E-state index in [1.165, 1.54) is 44.4 Å². The zero-order chi connectivity index (χ0) is 19.5. The van der Waals surface area contributed by atoms with Crippen molar-refractivity contribution >= 4 is 16.0 Å². The van der Waals surface area contributed by atoms with E-state index in [1.54, 1.807) is 0 Å². The lowest BCUT2D eigenvalue weighted by Crippen LogP contribution is -2.22. The third-order valence-electron chi connectivity index (χ3n) is 3.47. The number of hydrogen-bond donors (Lipinski definition) is 0. The van der Waals surface area contributed by atoms with Crippen LogP contribution in [0.4, 0.5) is 13.2 Å². The number of carbonyl (C=O) groups is 1. The first-order valence-electron chi connectivity index (χ1n) is 7.37. The summed E-state index contributed by atoms with van der Waals surface area (Å²) in [7, 11) is -1.01. The van der Waals surface area contributed by atoms with Gasteiger partial charge in [-0.25, -0.2) is 17.5 Å². The van der Waals surface area contributed by atoms with Crippen LogP contribution in [0.15, 0.2) is 53.4 Å². The highest BCUT2D eigenvalue weighted by molar-refractivity contribution is 7.89. The van der Waals surface area contributed by atoms with Crippen molar-refractivity contribution in [3.63, 3.8) is 0 Å². The van der Waals surface area contributed by atoms with E-state index in [4.69, 9.17) is 4.74 Å². The summed E-state index contributed by atoms with van der Waals surface area (Å²) in [5, 5.41) is 0. The van der Waals surface area contributed by atoms with Gasteiger partial charge in [-0.1, -0.05) is 18.2 Å². The maximum atomic E-state index is 12.7. The predicted octanol–water partition coefficient (Wildman–Crippen LogP) is 3.31. The van der Waals surface area contributed by atoms with Gasteiger partial charge in [-0.3, -0.25) is 0 Å². The molecule has 2 aromatic carbocycles. The first-order chi connectivity index (χ1) is 12.0. The first kappa shape index (κ1) is 19.9. The smallest absolute Gasteiger partial charge is 0.416 e. The Kier molecular flexibility index (Phi) is 5.72. The molecule has 0 spiro atoms. The van der Waals surface area contributed by atoms with Gasteiger partial charge < -0.3 is 4.74 Å². The summed E-state index contributed by atoms with van der Waals surface area (Å²) >= 11 is 0. The lowest BCUT2D eigenvalue weighted by molar-refractivity contribution is -0.137. The van der Waals surface area contributed by atoms with Crippen LogP contribution >= 0.6 is 0 Å². The summed E-state index contributed by atoms with van der Waals surface area (Å²) in [4.78, 5) is 12.0. The summed E-state index contributed by atoms with van der Waals surface area (Å²) in [6.45, 7) is -0.368. The molecule has 140 valence electrons. The number of alkyl halides is 3. The van der Waals surface area contributed by atoms with Crippen molar-refractivity contribution in [2.24, 2.45) is 0 Å². The Bertz CT molecular complexity index is 908. The molecule has 0 saturated carbocycles. The van der Waals surface area contributed by atoms with Crippen LogP contribution in [0.5, 0.6) is 0 Å². The largest absolute Gasteiger partial charge is 0.457 e. The van der Waals surface area contributed by atoms with E-state index in [0.717, 1.165) is 22.5 Å². The van der Waals surface area contributed by atoms with Crippen LogP contribution in [0.25, 0.3) is 0 Å². The molecule has 0 radical (unpaired) electrons. The minimum absolute atomic E-state index is 0.0140. The Labute approximate surface area is 149 Å². The number of halogens is 3. The van der Waals surface area contributed by atoms with Gasteiger partial charge in [-0.05, 0) is 35.9 Å². The number of rotatable bonds is 5. The van der Waals surface area contributed by atoms with Gasteiger partial charge in [0.15, 0.2) is 0 Å². The number of esters is 1. The van der Waals surface area contributed by atoms with Gasteiger partial charge in [0.25, 0.3) is 0 Å². The molecular weight excluding hydrogens is 371 g/mol. The molecule has 0 bridgehead atoms. The fraction of sp³-hybridized carbons (Fsp3) is 0.235. The topological polar surface area (TPSA) is 63.7 Å². The van der Waals surface area contributed by atoms with Crippen molar-refractivity contribution < 1.29 is 31.1 Å². The van der Waals surface area contributed by atoms with Crippen molar-refractivity contribution in [2.75, 3.05) is 14.1 Å². The number of hydrogen-bond acceptors (Lipinski definition) is 4. The quantitative estimate of drug-likeness (QED) is 0.739. The number of ether oxygens (including phenoxy) is 1. The van der Waals surface area contributed by atoms with E-state index < -0.39 is 27.7 Å². The number of benzene rings is 2. The number of nitrogens with zero attached hydrogens (tertiary/aromatic N) is 1. The summed E-state index contributed by atoms with van der Waals surface area (Å²) in [5.41, 5.74) is -0.685. The van der Waals surface area contributed by atoms with Crippen molar-refractivity contribution in [3.05, 3.63) is 65.2 Å². The molecule has 0 fully saturated rings. The average Bonchev–Trinajstić information content (AvgIpc) is 2.59. The Morgan fingerprint density at radius 2 is 1.73 bits per heavy atom. The molecular formula is C17H16F3NO4S. The zero-order valence-corrected chi connectivity index (χ0v) is 14.8. The highest BCUT2D eigenvalue weighted by Crippen LogP contribution is 2.29. The molecule has 0 aliphatic rings. The van der Waals surface area contributed by atoms with Gasteiger partial charge in [0.1, 0.15) is 6.61 Å². The number of sulfonamides is 1. The van der Waals surface area contributed by atoms with E-state index >= 15 is 0 Å². The fourth-order valence-corrected chi connectivity index (χ4v) is 3.01. The van der Waals surface area contributed by atoms with Gasteiger partial charge in [-0.15, -0.1) is 0 Å². The predicted molar refractivity (Wildman–Crippen MR) is 87.9 cm³/mol. The Morgan fingerprint density at radius 3 is 2.35 bits per heavy atom. The molecule has 0 N–H and O–H groups in total. The molecule has 0 atom stereocenters. The molecule has 0 amide bonds. The SMILES string of the molecule is CN(C)S(=O)(=O)c1cccc(C(=O)OCc2cccc(C(F)(F)F)c2)c1. The Hall–Kier alpha value is -2.39. The minimum Gasteiger partial charge on any atom is -0.457 e. The highest BCUT2D eigenvalue weighted by atomic mass is 32.2. The summed E-state index contributed by atoms with van der Waals surface area (Å²) < 4.78 is 68.2. The molecule has 0 aliphatic carbocycles.